The third kappa shape index (κ3) is 3.49. The Morgan fingerprint density at radius 3 is 2.37 bits per heavy atom. The second kappa shape index (κ2) is 7.57. The van der Waals surface area contributed by atoms with Gasteiger partial charge in [-0.3, -0.25) is 4.79 Å². The standard InChI is InChI=1S/C24H21N5O/c25-24-27-21-11-10-19(26-13-16-6-2-1-3-7-16)12-20(21)22(28-24)23(30)29-14-17-8-4-5-9-18(17)15-29/h1-12,26H,13-15H2,(H2,25,27,28)/p+1. The van der Waals surface area contributed by atoms with E-state index in [1.807, 2.05) is 53.4 Å². The molecule has 0 saturated carbocycles. The van der Waals surface area contributed by atoms with Crippen molar-refractivity contribution >= 4 is 28.4 Å². The van der Waals surface area contributed by atoms with Gasteiger partial charge in [-0.1, -0.05) is 54.6 Å². The van der Waals surface area contributed by atoms with E-state index in [1.54, 1.807) is 0 Å². The van der Waals surface area contributed by atoms with E-state index in [4.69, 9.17) is 5.73 Å². The van der Waals surface area contributed by atoms with Gasteiger partial charge in [0, 0.05) is 36.2 Å². The number of amides is 1. The van der Waals surface area contributed by atoms with E-state index >= 15 is 0 Å². The topological polar surface area (TPSA) is 88.7 Å². The monoisotopic (exact) mass is 396 g/mol. The van der Waals surface area contributed by atoms with E-state index < -0.39 is 0 Å². The molecule has 1 aliphatic heterocycles. The molecule has 6 nitrogen and oxygen atoms in total. The Balaban J connectivity index is 1.46. The molecule has 5 rings (SSSR count). The molecule has 0 fully saturated rings. The fourth-order valence-electron chi connectivity index (χ4n) is 3.93. The lowest BCUT2D eigenvalue weighted by Crippen LogP contribution is -2.76. The van der Waals surface area contributed by atoms with Gasteiger partial charge in [0.25, 0.3) is 5.91 Å². The lowest BCUT2D eigenvalue weighted by Gasteiger charge is -2.16. The number of hydrogen-bond donors (Lipinski definition) is 2. The molecule has 0 aliphatic carbocycles. The number of nitrogens with two attached hydrogens (primary N) is 2. The minimum Gasteiger partial charge on any atom is -0.368 e. The Morgan fingerprint density at radius 1 is 0.933 bits per heavy atom. The summed E-state index contributed by atoms with van der Waals surface area (Å²) in [5.41, 5.74) is 11.6. The zero-order valence-electron chi connectivity index (χ0n) is 16.5. The Bertz CT molecular complexity index is 1210. The summed E-state index contributed by atoms with van der Waals surface area (Å²) in [6, 6.07) is 24.3. The van der Waals surface area contributed by atoms with Crippen molar-refractivity contribution in [2.24, 2.45) is 0 Å². The molecule has 0 unspecified atom stereocenters. The second-order valence-corrected chi connectivity index (χ2v) is 7.53. The Morgan fingerprint density at radius 2 is 1.63 bits per heavy atom. The summed E-state index contributed by atoms with van der Waals surface area (Å²) in [4.78, 5) is 23.8. The summed E-state index contributed by atoms with van der Waals surface area (Å²) in [7, 11) is 0. The van der Waals surface area contributed by atoms with Gasteiger partial charge in [-0.05, 0) is 17.2 Å². The third-order valence-electron chi connectivity index (χ3n) is 5.48. The molecule has 3 aromatic carbocycles. The normalized spacial score (nSPS) is 12.9. The highest BCUT2D eigenvalue weighted by Crippen LogP contribution is 2.26. The molecule has 6 heteroatoms. The van der Waals surface area contributed by atoms with E-state index in [2.05, 4.69) is 39.6 Å². The third-order valence-corrected chi connectivity index (χ3v) is 5.48. The fraction of sp³-hybridized carbons (Fsp3) is 0.125. The number of benzene rings is 3. The summed E-state index contributed by atoms with van der Waals surface area (Å²) in [6.45, 7) is 1.98. The van der Waals surface area contributed by atoms with Gasteiger partial charge in [-0.2, -0.15) is 0 Å². The number of nitrogens with zero attached hydrogens (tertiary/aromatic N) is 3. The molecule has 0 saturated heterocycles. The predicted octanol–water partition coefficient (Wildman–Crippen LogP) is 2.76. The van der Waals surface area contributed by atoms with Crippen LogP contribution in [0.25, 0.3) is 10.9 Å². The molecule has 0 bridgehead atoms. The minimum atomic E-state index is -0.120. The van der Waals surface area contributed by atoms with Crippen LogP contribution in [-0.2, 0) is 19.6 Å². The number of carbonyl (C=O) groups is 1. The highest BCUT2D eigenvalue weighted by atomic mass is 16.2. The van der Waals surface area contributed by atoms with Crippen LogP contribution in [0.4, 0.5) is 11.6 Å². The van der Waals surface area contributed by atoms with Crippen LogP contribution in [0.5, 0.6) is 0 Å². The molecule has 4 N–H and O–H groups in total. The largest absolute Gasteiger partial charge is 0.368 e. The summed E-state index contributed by atoms with van der Waals surface area (Å²) in [6.07, 6.45) is 0. The zero-order chi connectivity index (χ0) is 20.5. The minimum absolute atomic E-state index is 0.114. The molecule has 4 aromatic rings. The van der Waals surface area contributed by atoms with Crippen LogP contribution in [0.1, 0.15) is 27.2 Å². The quantitative estimate of drug-likeness (QED) is 0.519. The van der Waals surface area contributed by atoms with Crippen LogP contribution in [0.2, 0.25) is 0 Å². The number of anilines is 1. The average Bonchev–Trinajstić information content (AvgIpc) is 3.22. The summed E-state index contributed by atoms with van der Waals surface area (Å²) < 4.78 is 0. The molecule has 1 aliphatic rings. The lowest BCUT2D eigenvalue weighted by molar-refractivity contribution is -0.588. The number of carbonyl (C=O) groups excluding carboxylic acids is 1. The fourth-order valence-corrected chi connectivity index (χ4v) is 3.93. The van der Waals surface area contributed by atoms with Crippen molar-refractivity contribution in [3.63, 3.8) is 0 Å². The van der Waals surface area contributed by atoms with Crippen molar-refractivity contribution in [2.75, 3.05) is 5.73 Å². The molecular formula is C24H22N5O+. The van der Waals surface area contributed by atoms with Crippen molar-refractivity contribution in [2.45, 2.75) is 19.6 Å². The van der Waals surface area contributed by atoms with E-state index in [-0.39, 0.29) is 11.9 Å². The van der Waals surface area contributed by atoms with Gasteiger partial charge in [0.15, 0.2) is 0 Å². The maximum absolute atomic E-state index is 13.3. The Labute approximate surface area is 174 Å². The molecule has 0 atom stereocenters. The van der Waals surface area contributed by atoms with Crippen molar-refractivity contribution in [1.82, 2.24) is 14.9 Å². The van der Waals surface area contributed by atoms with Crippen molar-refractivity contribution < 1.29 is 10.1 Å². The highest BCUT2D eigenvalue weighted by Gasteiger charge is 2.27. The van der Waals surface area contributed by atoms with Gasteiger partial charge in [0.1, 0.15) is 17.9 Å². The highest BCUT2D eigenvalue weighted by molar-refractivity contribution is 6.05. The maximum Gasteiger partial charge on any atom is 0.273 e. The predicted molar refractivity (Wildman–Crippen MR) is 116 cm³/mol. The van der Waals surface area contributed by atoms with Crippen molar-refractivity contribution in [1.29, 1.82) is 0 Å². The van der Waals surface area contributed by atoms with Gasteiger partial charge >= 0.3 is 0 Å². The number of rotatable bonds is 4. The summed E-state index contributed by atoms with van der Waals surface area (Å²) in [5.74, 6) is -0.00548. The first-order chi connectivity index (χ1) is 14.7. The van der Waals surface area contributed by atoms with Crippen LogP contribution >= 0.6 is 0 Å². The summed E-state index contributed by atoms with van der Waals surface area (Å²) in [5, 5.41) is 2.87. The van der Waals surface area contributed by atoms with Crippen LogP contribution in [-0.4, -0.2) is 20.8 Å². The Hall–Kier alpha value is -3.77. The first-order valence-corrected chi connectivity index (χ1v) is 9.98. The Kier molecular flexibility index (Phi) is 4.61. The van der Waals surface area contributed by atoms with Gasteiger partial charge in [0.05, 0.1) is 5.52 Å². The van der Waals surface area contributed by atoms with Crippen molar-refractivity contribution in [3.8, 4) is 0 Å². The van der Waals surface area contributed by atoms with E-state index in [9.17, 15) is 4.79 Å². The number of hydrogen-bond acceptors (Lipinski definition) is 4. The molecule has 0 radical (unpaired) electrons. The van der Waals surface area contributed by atoms with Crippen LogP contribution < -0.4 is 11.1 Å². The molecule has 148 valence electrons. The first kappa shape index (κ1) is 18.3. The van der Waals surface area contributed by atoms with Crippen molar-refractivity contribution in [3.05, 3.63) is 95.2 Å². The van der Waals surface area contributed by atoms with E-state index in [0.29, 0.717) is 24.3 Å². The molecule has 1 amide bonds. The van der Waals surface area contributed by atoms with E-state index in [1.165, 1.54) is 16.7 Å². The van der Waals surface area contributed by atoms with Crippen LogP contribution in [0, 0.1) is 0 Å². The van der Waals surface area contributed by atoms with Crippen LogP contribution in [0.15, 0.2) is 72.8 Å². The van der Waals surface area contributed by atoms with Gasteiger partial charge < -0.3 is 16.0 Å². The molecule has 2 heterocycles. The molecule has 30 heavy (non-hydrogen) atoms. The van der Waals surface area contributed by atoms with Gasteiger partial charge in [-0.15, -0.1) is 0 Å². The summed E-state index contributed by atoms with van der Waals surface area (Å²) >= 11 is 0. The number of quaternary nitrogens is 1. The van der Waals surface area contributed by atoms with Crippen LogP contribution in [0.3, 0.4) is 0 Å². The maximum atomic E-state index is 13.3. The second-order valence-electron chi connectivity index (χ2n) is 7.53. The number of fused-ring (bicyclic) bond motifs is 2. The molecular weight excluding hydrogens is 374 g/mol. The first-order valence-electron chi connectivity index (χ1n) is 9.98. The lowest BCUT2D eigenvalue weighted by atomic mass is 10.1. The average molecular weight is 396 g/mol. The molecule has 1 aromatic heterocycles. The molecule has 0 spiro atoms. The number of nitrogen functional groups attached to an aromatic ring is 1. The SMILES string of the molecule is Nc1nc(C(=O)N2Cc3ccccc3C2)c2cc([NH2+]Cc3ccccc3)ccc2n1. The zero-order valence-corrected chi connectivity index (χ0v) is 16.5. The smallest absolute Gasteiger partial charge is 0.273 e. The van der Waals surface area contributed by atoms with Gasteiger partial charge in [-0.25, -0.2) is 9.97 Å². The number of aromatic nitrogens is 2. The van der Waals surface area contributed by atoms with E-state index in [0.717, 1.165) is 17.6 Å². The van der Waals surface area contributed by atoms with Gasteiger partial charge in [0.2, 0.25) is 5.95 Å².